The molecule has 3 rings (SSSR count). The second kappa shape index (κ2) is 9.51. The van der Waals surface area contributed by atoms with Crippen LogP contribution in [0, 0.1) is 5.92 Å². The van der Waals surface area contributed by atoms with Crippen molar-refractivity contribution in [3.8, 4) is 5.75 Å². The summed E-state index contributed by atoms with van der Waals surface area (Å²) in [6.45, 7) is 4.69. The number of aromatic nitrogens is 4. The molecule has 0 saturated heterocycles. The number of para-hydroxylation sites is 2. The van der Waals surface area contributed by atoms with Gasteiger partial charge in [-0.25, -0.2) is 15.0 Å². The van der Waals surface area contributed by atoms with Crippen molar-refractivity contribution in [1.82, 2.24) is 19.5 Å². The fraction of sp³-hybridized carbons (Fsp3) is 0.350. The lowest BCUT2D eigenvalue weighted by Gasteiger charge is -2.14. The van der Waals surface area contributed by atoms with E-state index in [9.17, 15) is 9.59 Å². The first kappa shape index (κ1) is 20.8. The van der Waals surface area contributed by atoms with Gasteiger partial charge in [-0.2, -0.15) is 0 Å². The normalized spacial score (nSPS) is 11.0. The number of nitrogens with zero attached hydrogens (tertiary/aromatic N) is 4. The van der Waals surface area contributed by atoms with Gasteiger partial charge in [0.2, 0.25) is 5.91 Å². The number of benzene rings is 1. The van der Waals surface area contributed by atoms with Crippen molar-refractivity contribution in [3.05, 3.63) is 47.0 Å². The van der Waals surface area contributed by atoms with Gasteiger partial charge < -0.3 is 10.1 Å². The maximum absolute atomic E-state index is 12.9. The molecule has 9 heteroatoms. The van der Waals surface area contributed by atoms with Crippen LogP contribution in [0.1, 0.15) is 20.3 Å². The second-order valence-electron chi connectivity index (χ2n) is 6.80. The topological polar surface area (TPSA) is 99.0 Å². The maximum Gasteiger partial charge on any atom is 0.282 e. The molecule has 0 aliphatic carbocycles. The van der Waals surface area contributed by atoms with Crippen LogP contribution in [-0.4, -0.2) is 38.3 Å². The average Bonchev–Trinajstić information content (AvgIpc) is 2.72. The van der Waals surface area contributed by atoms with Gasteiger partial charge in [0, 0.05) is 18.9 Å². The molecule has 1 aromatic carbocycles. The van der Waals surface area contributed by atoms with E-state index < -0.39 is 0 Å². The Morgan fingerprint density at radius 1 is 1.24 bits per heavy atom. The summed E-state index contributed by atoms with van der Waals surface area (Å²) >= 11 is 1.20. The first-order valence-electron chi connectivity index (χ1n) is 9.26. The van der Waals surface area contributed by atoms with Crippen molar-refractivity contribution in [2.24, 2.45) is 5.92 Å². The summed E-state index contributed by atoms with van der Waals surface area (Å²) in [7, 11) is 1.55. The van der Waals surface area contributed by atoms with Crippen LogP contribution in [0.5, 0.6) is 5.75 Å². The fourth-order valence-corrected chi connectivity index (χ4v) is 3.50. The number of hydrogen-bond acceptors (Lipinski definition) is 7. The Hall–Kier alpha value is -2.94. The lowest BCUT2D eigenvalue weighted by atomic mass is 10.1. The highest BCUT2D eigenvalue weighted by molar-refractivity contribution is 7.99. The molecule has 0 atom stereocenters. The van der Waals surface area contributed by atoms with Gasteiger partial charge in [-0.05, 0) is 24.5 Å². The third-order valence-corrected chi connectivity index (χ3v) is 5.18. The van der Waals surface area contributed by atoms with E-state index in [2.05, 4.69) is 34.1 Å². The number of fused-ring (bicyclic) bond motifs is 1. The van der Waals surface area contributed by atoms with Gasteiger partial charge in [-0.15, -0.1) is 0 Å². The van der Waals surface area contributed by atoms with Crippen LogP contribution in [0.25, 0.3) is 11.2 Å². The maximum atomic E-state index is 12.9. The summed E-state index contributed by atoms with van der Waals surface area (Å²) in [6, 6.07) is 7.19. The highest BCUT2D eigenvalue weighted by atomic mass is 32.2. The molecule has 0 spiro atoms. The zero-order valence-corrected chi connectivity index (χ0v) is 17.4. The summed E-state index contributed by atoms with van der Waals surface area (Å²) in [6.07, 6.45) is 3.79. The van der Waals surface area contributed by atoms with Crippen LogP contribution in [0.4, 0.5) is 5.69 Å². The standard InChI is InChI=1S/C20H23N5O3S/c1-13(2)8-11-25-19(27)17-18(22-10-9-21-17)24-20(25)29-12-16(26)23-14-6-4-5-7-15(14)28-3/h4-7,9-10,13H,8,11-12H2,1-3H3,(H,23,26). The monoisotopic (exact) mass is 413 g/mol. The SMILES string of the molecule is COc1ccccc1NC(=O)CSc1nc2nccnc2c(=O)n1CCC(C)C. The van der Waals surface area contributed by atoms with Crippen LogP contribution >= 0.6 is 11.8 Å². The quantitative estimate of drug-likeness (QED) is 0.448. The van der Waals surface area contributed by atoms with Crippen molar-refractivity contribution >= 4 is 34.5 Å². The van der Waals surface area contributed by atoms with E-state index in [1.165, 1.54) is 24.2 Å². The van der Waals surface area contributed by atoms with Crippen LogP contribution in [0.15, 0.2) is 46.6 Å². The highest BCUT2D eigenvalue weighted by Gasteiger charge is 2.15. The highest BCUT2D eigenvalue weighted by Crippen LogP contribution is 2.24. The van der Waals surface area contributed by atoms with E-state index in [0.29, 0.717) is 29.1 Å². The smallest absolute Gasteiger partial charge is 0.282 e. The molecular weight excluding hydrogens is 390 g/mol. The van der Waals surface area contributed by atoms with Gasteiger partial charge in [0.1, 0.15) is 5.75 Å². The largest absolute Gasteiger partial charge is 0.495 e. The second-order valence-corrected chi connectivity index (χ2v) is 7.74. The zero-order chi connectivity index (χ0) is 20.8. The summed E-state index contributed by atoms with van der Waals surface area (Å²) < 4.78 is 6.83. The number of amides is 1. The number of nitrogens with one attached hydrogen (secondary N) is 1. The Morgan fingerprint density at radius 3 is 2.76 bits per heavy atom. The fourth-order valence-electron chi connectivity index (χ4n) is 2.69. The molecule has 2 aromatic heterocycles. The predicted octanol–water partition coefficient (Wildman–Crippen LogP) is 2.97. The van der Waals surface area contributed by atoms with E-state index in [-0.39, 0.29) is 28.4 Å². The van der Waals surface area contributed by atoms with Crippen molar-refractivity contribution in [2.45, 2.75) is 32.0 Å². The molecule has 1 amide bonds. The average molecular weight is 414 g/mol. The number of carbonyl (C=O) groups excluding carboxylic acids is 1. The number of anilines is 1. The van der Waals surface area contributed by atoms with Crippen molar-refractivity contribution < 1.29 is 9.53 Å². The minimum Gasteiger partial charge on any atom is -0.495 e. The number of carbonyl (C=O) groups is 1. The molecule has 0 unspecified atom stereocenters. The molecule has 0 aliphatic heterocycles. The number of rotatable bonds is 8. The molecule has 0 saturated carbocycles. The van der Waals surface area contributed by atoms with Gasteiger partial charge >= 0.3 is 0 Å². The minimum atomic E-state index is -0.239. The van der Waals surface area contributed by atoms with Crippen LogP contribution in [0.2, 0.25) is 0 Å². The van der Waals surface area contributed by atoms with Gasteiger partial charge in [-0.3, -0.25) is 14.2 Å². The first-order chi connectivity index (χ1) is 14.0. The molecule has 3 aromatic rings. The molecule has 1 N–H and O–H groups in total. The molecule has 29 heavy (non-hydrogen) atoms. The predicted molar refractivity (Wildman–Crippen MR) is 113 cm³/mol. The molecule has 0 bridgehead atoms. The lowest BCUT2D eigenvalue weighted by molar-refractivity contribution is -0.113. The Kier molecular flexibility index (Phi) is 6.82. The van der Waals surface area contributed by atoms with E-state index in [0.717, 1.165) is 6.42 Å². The van der Waals surface area contributed by atoms with E-state index in [4.69, 9.17) is 4.74 Å². The summed E-state index contributed by atoms with van der Waals surface area (Å²) in [5.41, 5.74) is 0.872. The van der Waals surface area contributed by atoms with Gasteiger partial charge in [-0.1, -0.05) is 37.7 Å². The zero-order valence-electron chi connectivity index (χ0n) is 16.6. The van der Waals surface area contributed by atoms with E-state index in [1.54, 1.807) is 23.8 Å². The Bertz CT molecular complexity index is 1070. The van der Waals surface area contributed by atoms with Gasteiger partial charge in [0.15, 0.2) is 16.3 Å². The summed E-state index contributed by atoms with van der Waals surface area (Å²) in [5, 5.41) is 3.28. The Morgan fingerprint density at radius 2 is 2.00 bits per heavy atom. The van der Waals surface area contributed by atoms with Gasteiger partial charge in [0.05, 0.1) is 18.6 Å². The molecular formula is C20H23N5O3S. The summed E-state index contributed by atoms with van der Waals surface area (Å²) in [5.74, 6) is 0.881. The molecule has 2 heterocycles. The van der Waals surface area contributed by atoms with Crippen LogP contribution in [0.3, 0.4) is 0 Å². The van der Waals surface area contributed by atoms with Crippen molar-refractivity contribution in [2.75, 3.05) is 18.2 Å². The molecule has 8 nitrogen and oxygen atoms in total. The first-order valence-corrected chi connectivity index (χ1v) is 10.3. The third-order valence-electron chi connectivity index (χ3n) is 4.20. The van der Waals surface area contributed by atoms with Gasteiger partial charge in [0.25, 0.3) is 5.56 Å². The van der Waals surface area contributed by atoms with E-state index in [1.807, 2.05) is 12.1 Å². The van der Waals surface area contributed by atoms with E-state index >= 15 is 0 Å². The molecule has 152 valence electrons. The molecule has 0 aliphatic rings. The Balaban J connectivity index is 1.81. The third kappa shape index (κ3) is 5.11. The molecule has 0 radical (unpaired) electrons. The minimum absolute atomic E-state index is 0.0952. The number of thioether (sulfide) groups is 1. The summed E-state index contributed by atoms with van der Waals surface area (Å²) in [4.78, 5) is 38.1. The molecule has 0 fully saturated rings. The van der Waals surface area contributed by atoms with Crippen LogP contribution < -0.4 is 15.6 Å². The Labute approximate surface area is 172 Å². The van der Waals surface area contributed by atoms with Crippen LogP contribution in [-0.2, 0) is 11.3 Å². The number of methoxy groups -OCH3 is 1. The lowest BCUT2D eigenvalue weighted by Crippen LogP contribution is -2.26. The van der Waals surface area contributed by atoms with Crippen molar-refractivity contribution in [1.29, 1.82) is 0 Å². The number of hydrogen-bond donors (Lipinski definition) is 1. The van der Waals surface area contributed by atoms with Crippen molar-refractivity contribution in [3.63, 3.8) is 0 Å². The number of ether oxygens (including phenoxy) is 1.